The molecule has 2 aromatic heterocycles. The van der Waals surface area contributed by atoms with Crippen molar-refractivity contribution in [2.24, 2.45) is 0 Å². The van der Waals surface area contributed by atoms with Gasteiger partial charge in [-0.2, -0.15) is 0 Å². The Bertz CT molecular complexity index is 765. The molecule has 0 bridgehead atoms. The topological polar surface area (TPSA) is 66.6 Å². The summed E-state index contributed by atoms with van der Waals surface area (Å²) in [5, 5.41) is 12.2. The lowest BCUT2D eigenvalue weighted by atomic mass is 9.96. The molecule has 0 radical (unpaired) electrons. The first kappa shape index (κ1) is 16.2. The van der Waals surface area contributed by atoms with E-state index in [1.165, 1.54) is 0 Å². The minimum absolute atomic E-state index is 0.0581. The van der Waals surface area contributed by atoms with E-state index in [1.807, 2.05) is 65.3 Å². The second kappa shape index (κ2) is 7.75. The van der Waals surface area contributed by atoms with Crippen LogP contribution in [0.2, 0.25) is 0 Å². The highest BCUT2D eigenvalue weighted by molar-refractivity contribution is 5.78. The smallest absolute Gasteiger partial charge is 0.226 e. The van der Waals surface area contributed by atoms with Crippen molar-refractivity contribution in [1.82, 2.24) is 14.7 Å². The molecule has 1 amide bonds. The summed E-state index contributed by atoms with van der Waals surface area (Å²) in [6, 6.07) is 15.7. The third kappa shape index (κ3) is 4.00. The highest BCUT2D eigenvalue weighted by atomic mass is 16.3. The summed E-state index contributed by atoms with van der Waals surface area (Å²) in [5.41, 5.74) is 2.71. The van der Waals surface area contributed by atoms with Crippen molar-refractivity contribution in [3.05, 3.63) is 72.2 Å². The summed E-state index contributed by atoms with van der Waals surface area (Å²) >= 11 is 0. The Hall–Kier alpha value is -2.66. The van der Waals surface area contributed by atoms with Gasteiger partial charge in [-0.25, -0.2) is 4.98 Å². The van der Waals surface area contributed by atoms with Crippen molar-refractivity contribution >= 4 is 11.6 Å². The maximum atomic E-state index is 12.2. The van der Waals surface area contributed by atoms with Crippen molar-refractivity contribution < 1.29 is 9.90 Å². The number of carbonyl (C=O) groups is 1. The van der Waals surface area contributed by atoms with Gasteiger partial charge in [0.15, 0.2) is 0 Å². The Kier molecular flexibility index (Phi) is 5.23. The lowest BCUT2D eigenvalue weighted by Crippen LogP contribution is -2.30. The fraction of sp³-hybridized carbons (Fsp3) is 0.263. The minimum atomic E-state index is -0.0581. The summed E-state index contributed by atoms with van der Waals surface area (Å²) < 4.78 is 1.90. The average Bonchev–Trinajstić information content (AvgIpc) is 3.01. The molecule has 1 unspecified atom stereocenters. The standard InChI is InChI=1S/C19H21N3O2/c23-11-9-16(15-6-2-1-3-7-15)13-20-19(24)12-17-14-22-10-5-4-8-18(22)21-17/h1-8,10,14,16,23H,9,11-13H2,(H,20,24). The summed E-state index contributed by atoms with van der Waals surface area (Å²) in [7, 11) is 0. The maximum Gasteiger partial charge on any atom is 0.226 e. The molecule has 124 valence electrons. The van der Waals surface area contributed by atoms with E-state index < -0.39 is 0 Å². The van der Waals surface area contributed by atoms with Crippen molar-refractivity contribution in [1.29, 1.82) is 0 Å². The predicted molar refractivity (Wildman–Crippen MR) is 92.8 cm³/mol. The van der Waals surface area contributed by atoms with Crippen molar-refractivity contribution in [2.75, 3.05) is 13.2 Å². The van der Waals surface area contributed by atoms with E-state index in [2.05, 4.69) is 10.3 Å². The van der Waals surface area contributed by atoms with Crippen LogP contribution in [0.5, 0.6) is 0 Å². The average molecular weight is 323 g/mol. The number of aliphatic hydroxyl groups excluding tert-OH is 1. The first-order chi connectivity index (χ1) is 11.8. The summed E-state index contributed by atoms with van der Waals surface area (Å²) in [6.45, 7) is 0.610. The Balaban J connectivity index is 1.59. The number of benzene rings is 1. The molecule has 24 heavy (non-hydrogen) atoms. The number of amides is 1. The van der Waals surface area contributed by atoms with Crippen LogP contribution in [0.15, 0.2) is 60.9 Å². The van der Waals surface area contributed by atoms with Gasteiger partial charge in [0.1, 0.15) is 5.65 Å². The van der Waals surface area contributed by atoms with E-state index in [-0.39, 0.29) is 24.9 Å². The van der Waals surface area contributed by atoms with Gasteiger partial charge in [0, 0.05) is 31.5 Å². The number of aromatic nitrogens is 2. The highest BCUT2D eigenvalue weighted by Crippen LogP contribution is 2.18. The first-order valence-electron chi connectivity index (χ1n) is 8.11. The number of imidazole rings is 1. The van der Waals surface area contributed by atoms with Gasteiger partial charge < -0.3 is 14.8 Å². The third-order valence-electron chi connectivity index (χ3n) is 4.05. The zero-order chi connectivity index (χ0) is 16.8. The molecule has 0 spiro atoms. The van der Waals surface area contributed by atoms with Crippen molar-refractivity contribution in [2.45, 2.75) is 18.8 Å². The minimum Gasteiger partial charge on any atom is -0.396 e. The summed E-state index contributed by atoms with van der Waals surface area (Å²) in [5.74, 6) is 0.0542. The van der Waals surface area contributed by atoms with Crippen LogP contribution in [0.25, 0.3) is 5.65 Å². The molecule has 5 nitrogen and oxygen atoms in total. The molecular formula is C19H21N3O2. The third-order valence-corrected chi connectivity index (χ3v) is 4.05. The van der Waals surface area contributed by atoms with E-state index >= 15 is 0 Å². The monoisotopic (exact) mass is 323 g/mol. The zero-order valence-corrected chi connectivity index (χ0v) is 13.4. The van der Waals surface area contributed by atoms with Gasteiger partial charge in [-0.3, -0.25) is 4.79 Å². The molecule has 2 heterocycles. The van der Waals surface area contributed by atoms with Crippen LogP contribution in [0, 0.1) is 0 Å². The first-order valence-corrected chi connectivity index (χ1v) is 8.11. The van der Waals surface area contributed by atoms with Gasteiger partial charge in [0.2, 0.25) is 5.91 Å². The Morgan fingerprint density at radius 1 is 1.17 bits per heavy atom. The van der Waals surface area contributed by atoms with Crippen LogP contribution in [0.4, 0.5) is 0 Å². The van der Waals surface area contributed by atoms with Crippen LogP contribution in [-0.4, -0.2) is 33.6 Å². The number of nitrogens with zero attached hydrogens (tertiary/aromatic N) is 2. The molecule has 0 saturated heterocycles. The predicted octanol–water partition coefficient (Wildman–Crippen LogP) is 2.16. The molecular weight excluding hydrogens is 302 g/mol. The van der Waals surface area contributed by atoms with Gasteiger partial charge in [-0.1, -0.05) is 36.4 Å². The number of hydrogen-bond donors (Lipinski definition) is 2. The zero-order valence-electron chi connectivity index (χ0n) is 13.4. The number of hydrogen-bond acceptors (Lipinski definition) is 3. The van der Waals surface area contributed by atoms with Gasteiger partial charge in [0.25, 0.3) is 0 Å². The van der Waals surface area contributed by atoms with Crippen LogP contribution in [0.1, 0.15) is 23.6 Å². The molecule has 5 heteroatoms. The molecule has 0 aliphatic heterocycles. The molecule has 1 aromatic carbocycles. The number of carbonyl (C=O) groups excluding carboxylic acids is 1. The molecule has 3 rings (SSSR count). The number of aliphatic hydroxyl groups is 1. The normalized spacial score (nSPS) is 12.2. The number of nitrogens with one attached hydrogen (secondary N) is 1. The lowest BCUT2D eigenvalue weighted by molar-refractivity contribution is -0.120. The molecule has 2 N–H and O–H groups in total. The fourth-order valence-electron chi connectivity index (χ4n) is 2.80. The van der Waals surface area contributed by atoms with E-state index in [0.717, 1.165) is 16.9 Å². The molecule has 0 saturated carbocycles. The molecule has 0 fully saturated rings. The van der Waals surface area contributed by atoms with Gasteiger partial charge >= 0.3 is 0 Å². The SMILES string of the molecule is O=C(Cc1cn2ccccc2n1)NCC(CCO)c1ccccc1. The van der Waals surface area contributed by atoms with E-state index in [4.69, 9.17) is 0 Å². The largest absolute Gasteiger partial charge is 0.396 e. The number of rotatable bonds is 7. The highest BCUT2D eigenvalue weighted by Gasteiger charge is 2.13. The van der Waals surface area contributed by atoms with Gasteiger partial charge in [0.05, 0.1) is 12.1 Å². The van der Waals surface area contributed by atoms with Crippen LogP contribution >= 0.6 is 0 Å². The second-order valence-corrected chi connectivity index (χ2v) is 5.80. The van der Waals surface area contributed by atoms with E-state index in [1.54, 1.807) is 0 Å². The summed E-state index contributed by atoms with van der Waals surface area (Å²) in [6.07, 6.45) is 4.66. The number of fused-ring (bicyclic) bond motifs is 1. The molecule has 3 aromatic rings. The summed E-state index contributed by atoms with van der Waals surface area (Å²) in [4.78, 5) is 16.6. The Morgan fingerprint density at radius 3 is 2.71 bits per heavy atom. The Labute approximate surface area is 141 Å². The van der Waals surface area contributed by atoms with Crippen molar-refractivity contribution in [3.63, 3.8) is 0 Å². The second-order valence-electron chi connectivity index (χ2n) is 5.80. The lowest BCUT2D eigenvalue weighted by Gasteiger charge is -2.17. The van der Waals surface area contributed by atoms with Crippen LogP contribution < -0.4 is 5.32 Å². The Morgan fingerprint density at radius 2 is 1.96 bits per heavy atom. The fourth-order valence-corrected chi connectivity index (χ4v) is 2.80. The number of pyridine rings is 1. The van der Waals surface area contributed by atoms with Gasteiger partial charge in [-0.05, 0) is 24.1 Å². The van der Waals surface area contributed by atoms with E-state index in [9.17, 15) is 9.90 Å². The van der Waals surface area contributed by atoms with Gasteiger partial charge in [-0.15, -0.1) is 0 Å². The molecule has 0 aliphatic rings. The maximum absolute atomic E-state index is 12.2. The molecule has 0 aliphatic carbocycles. The van der Waals surface area contributed by atoms with E-state index in [0.29, 0.717) is 13.0 Å². The van der Waals surface area contributed by atoms with Crippen molar-refractivity contribution in [3.8, 4) is 0 Å². The quantitative estimate of drug-likeness (QED) is 0.700. The van der Waals surface area contributed by atoms with Crippen LogP contribution in [0.3, 0.4) is 0 Å². The molecule has 1 atom stereocenters. The van der Waals surface area contributed by atoms with Crippen LogP contribution in [-0.2, 0) is 11.2 Å².